The number of para-hydroxylation sites is 1. The summed E-state index contributed by atoms with van der Waals surface area (Å²) in [6, 6.07) is 8.46. The van der Waals surface area contributed by atoms with Gasteiger partial charge in [-0.25, -0.2) is 0 Å². The Hall–Kier alpha value is -1.06. The van der Waals surface area contributed by atoms with Crippen LogP contribution in [0.4, 0.5) is 0 Å². The van der Waals surface area contributed by atoms with Crippen LogP contribution < -0.4 is 10.1 Å². The van der Waals surface area contributed by atoms with E-state index in [-0.39, 0.29) is 0 Å². The highest BCUT2D eigenvalue weighted by molar-refractivity contribution is 5.39. The molecule has 0 aliphatic carbocycles. The fourth-order valence-corrected chi connectivity index (χ4v) is 2.78. The average molecular weight is 232 g/mol. The lowest BCUT2D eigenvalue weighted by molar-refractivity contribution is 0.244. The van der Waals surface area contributed by atoms with Gasteiger partial charge in [-0.1, -0.05) is 18.2 Å². The summed E-state index contributed by atoms with van der Waals surface area (Å²) in [7, 11) is 0. The molecule has 0 aromatic heterocycles. The third kappa shape index (κ3) is 2.45. The first kappa shape index (κ1) is 11.1. The van der Waals surface area contributed by atoms with Crippen molar-refractivity contribution in [1.82, 2.24) is 10.2 Å². The van der Waals surface area contributed by atoms with Crippen molar-refractivity contribution >= 4 is 0 Å². The smallest absolute Gasteiger partial charge is 0.122 e. The minimum absolute atomic E-state index is 0.560. The minimum atomic E-state index is 0.560. The molecule has 2 aliphatic heterocycles. The van der Waals surface area contributed by atoms with E-state index in [0.29, 0.717) is 5.92 Å². The van der Waals surface area contributed by atoms with Crippen LogP contribution in [-0.2, 0) is 0 Å². The summed E-state index contributed by atoms with van der Waals surface area (Å²) in [6.07, 6.45) is 1.26. The predicted molar refractivity (Wildman–Crippen MR) is 68.6 cm³/mol. The zero-order chi connectivity index (χ0) is 11.5. The molecule has 2 aliphatic rings. The molecule has 1 atom stereocenters. The van der Waals surface area contributed by atoms with E-state index >= 15 is 0 Å². The van der Waals surface area contributed by atoms with Gasteiger partial charge in [0.15, 0.2) is 0 Å². The quantitative estimate of drug-likeness (QED) is 0.835. The molecule has 0 bridgehead atoms. The van der Waals surface area contributed by atoms with Crippen molar-refractivity contribution in [3.8, 4) is 5.75 Å². The first-order valence-corrected chi connectivity index (χ1v) is 6.58. The Morgan fingerprint density at radius 1 is 1.24 bits per heavy atom. The summed E-state index contributed by atoms with van der Waals surface area (Å²) in [6.45, 7) is 6.65. The van der Waals surface area contributed by atoms with E-state index in [9.17, 15) is 0 Å². The van der Waals surface area contributed by atoms with Gasteiger partial charge in [-0.05, 0) is 25.6 Å². The van der Waals surface area contributed by atoms with Crippen molar-refractivity contribution in [3.05, 3.63) is 29.8 Å². The maximum absolute atomic E-state index is 5.74. The van der Waals surface area contributed by atoms with Crippen LogP contribution in [-0.4, -0.2) is 44.2 Å². The van der Waals surface area contributed by atoms with Crippen LogP contribution in [0, 0.1) is 0 Å². The molecular formula is C14H20N2O. The molecule has 1 N–H and O–H groups in total. The third-order valence-corrected chi connectivity index (χ3v) is 3.71. The van der Waals surface area contributed by atoms with Gasteiger partial charge in [0.1, 0.15) is 5.75 Å². The Morgan fingerprint density at radius 3 is 3.18 bits per heavy atom. The maximum atomic E-state index is 5.74. The number of nitrogens with one attached hydrogen (secondary N) is 1. The van der Waals surface area contributed by atoms with Gasteiger partial charge in [-0.3, -0.25) is 0 Å². The zero-order valence-corrected chi connectivity index (χ0v) is 10.2. The largest absolute Gasteiger partial charge is 0.493 e. The summed E-state index contributed by atoms with van der Waals surface area (Å²) in [5.41, 5.74) is 1.39. The van der Waals surface area contributed by atoms with Gasteiger partial charge in [0.2, 0.25) is 0 Å². The van der Waals surface area contributed by atoms with Crippen LogP contribution in [0.1, 0.15) is 17.9 Å². The normalized spacial score (nSPS) is 25.1. The fraction of sp³-hybridized carbons (Fsp3) is 0.571. The molecule has 2 heterocycles. The summed E-state index contributed by atoms with van der Waals surface area (Å²) < 4.78 is 5.74. The minimum Gasteiger partial charge on any atom is -0.493 e. The second-order valence-corrected chi connectivity index (χ2v) is 4.95. The van der Waals surface area contributed by atoms with Crippen molar-refractivity contribution in [2.45, 2.75) is 12.3 Å². The van der Waals surface area contributed by atoms with Crippen LogP contribution in [0.2, 0.25) is 0 Å². The Labute approximate surface area is 103 Å². The molecule has 17 heavy (non-hydrogen) atoms. The van der Waals surface area contributed by atoms with Gasteiger partial charge in [0, 0.05) is 31.1 Å². The predicted octanol–water partition coefficient (Wildman–Crippen LogP) is 1.46. The second kappa shape index (κ2) is 5.07. The van der Waals surface area contributed by atoms with Crippen LogP contribution in [0.3, 0.4) is 0 Å². The number of hydrogen-bond acceptors (Lipinski definition) is 3. The molecule has 1 aromatic rings. The van der Waals surface area contributed by atoms with Crippen LogP contribution >= 0.6 is 0 Å². The molecular weight excluding hydrogens is 212 g/mol. The zero-order valence-electron chi connectivity index (χ0n) is 10.2. The Balaban J connectivity index is 1.66. The summed E-state index contributed by atoms with van der Waals surface area (Å²) in [4.78, 5) is 2.57. The third-order valence-electron chi connectivity index (χ3n) is 3.71. The molecule has 92 valence electrons. The van der Waals surface area contributed by atoms with Gasteiger partial charge in [-0.15, -0.1) is 0 Å². The lowest BCUT2D eigenvalue weighted by Gasteiger charge is -2.22. The second-order valence-electron chi connectivity index (χ2n) is 4.95. The van der Waals surface area contributed by atoms with Gasteiger partial charge in [-0.2, -0.15) is 0 Å². The highest BCUT2D eigenvalue weighted by Gasteiger charge is 2.25. The van der Waals surface area contributed by atoms with Crippen LogP contribution in [0.15, 0.2) is 24.3 Å². The molecule has 0 radical (unpaired) electrons. The molecule has 1 aromatic carbocycles. The first-order valence-electron chi connectivity index (χ1n) is 6.58. The van der Waals surface area contributed by atoms with E-state index in [2.05, 4.69) is 34.5 Å². The molecule has 0 spiro atoms. The number of ether oxygens (including phenoxy) is 1. The highest BCUT2D eigenvalue weighted by atomic mass is 16.5. The van der Waals surface area contributed by atoms with Gasteiger partial charge < -0.3 is 15.0 Å². The van der Waals surface area contributed by atoms with E-state index in [1.54, 1.807) is 0 Å². The van der Waals surface area contributed by atoms with Crippen molar-refractivity contribution in [2.24, 2.45) is 0 Å². The standard InChI is InChI=1S/C14H20N2O/c1-2-5-14-13(4-1)12(11-17-14)10-16-8-3-6-15-7-9-16/h1-2,4-5,12,15H,3,6-11H2. The van der Waals surface area contributed by atoms with E-state index in [4.69, 9.17) is 4.74 Å². The van der Waals surface area contributed by atoms with Crippen LogP contribution in [0.25, 0.3) is 0 Å². The monoisotopic (exact) mass is 232 g/mol. The fourth-order valence-electron chi connectivity index (χ4n) is 2.78. The number of benzene rings is 1. The van der Waals surface area contributed by atoms with Gasteiger partial charge >= 0.3 is 0 Å². The number of rotatable bonds is 2. The Bertz CT molecular complexity index is 372. The summed E-state index contributed by atoms with van der Waals surface area (Å²) >= 11 is 0. The van der Waals surface area contributed by atoms with Crippen molar-refractivity contribution in [1.29, 1.82) is 0 Å². The molecule has 3 nitrogen and oxygen atoms in total. The number of hydrogen-bond donors (Lipinski definition) is 1. The van der Waals surface area contributed by atoms with Crippen molar-refractivity contribution in [3.63, 3.8) is 0 Å². The molecule has 3 heteroatoms. The van der Waals surface area contributed by atoms with E-state index in [0.717, 1.165) is 32.0 Å². The molecule has 1 unspecified atom stereocenters. The average Bonchev–Trinajstić information content (AvgIpc) is 2.59. The van der Waals surface area contributed by atoms with E-state index in [1.807, 2.05) is 0 Å². The highest BCUT2D eigenvalue weighted by Crippen LogP contribution is 2.33. The SMILES string of the molecule is c1ccc2c(c1)OCC2CN1CCCNCC1. The molecule has 3 rings (SSSR count). The van der Waals surface area contributed by atoms with Crippen LogP contribution in [0.5, 0.6) is 5.75 Å². The summed E-state index contributed by atoms with van der Waals surface area (Å²) in [5, 5.41) is 3.45. The molecule has 1 saturated heterocycles. The van der Waals surface area contributed by atoms with Crippen molar-refractivity contribution < 1.29 is 4.74 Å². The Morgan fingerprint density at radius 2 is 2.18 bits per heavy atom. The summed E-state index contributed by atoms with van der Waals surface area (Å²) in [5.74, 6) is 1.65. The maximum Gasteiger partial charge on any atom is 0.122 e. The lowest BCUT2D eigenvalue weighted by Crippen LogP contribution is -2.32. The number of nitrogens with zero attached hydrogens (tertiary/aromatic N) is 1. The van der Waals surface area contributed by atoms with E-state index in [1.165, 1.54) is 25.1 Å². The van der Waals surface area contributed by atoms with Gasteiger partial charge in [0.05, 0.1) is 6.61 Å². The van der Waals surface area contributed by atoms with Crippen molar-refractivity contribution in [2.75, 3.05) is 39.3 Å². The first-order chi connectivity index (χ1) is 8.43. The Kier molecular flexibility index (Phi) is 3.29. The number of fused-ring (bicyclic) bond motifs is 1. The topological polar surface area (TPSA) is 24.5 Å². The molecule has 0 amide bonds. The van der Waals surface area contributed by atoms with Gasteiger partial charge in [0.25, 0.3) is 0 Å². The lowest BCUT2D eigenvalue weighted by atomic mass is 10.0. The van der Waals surface area contributed by atoms with E-state index < -0.39 is 0 Å². The molecule has 0 saturated carbocycles. The molecule has 1 fully saturated rings.